The number of aliphatic carboxylic acids is 1. The van der Waals surface area contributed by atoms with Crippen LogP contribution in [0.25, 0.3) is 11.3 Å². The van der Waals surface area contributed by atoms with Gasteiger partial charge in [-0.15, -0.1) is 0 Å². The van der Waals surface area contributed by atoms with E-state index >= 15 is 0 Å². The monoisotopic (exact) mass is 339 g/mol. The van der Waals surface area contributed by atoms with E-state index in [1.54, 1.807) is 0 Å². The molecule has 2 saturated carbocycles. The first-order chi connectivity index (χ1) is 12.1. The third-order valence-electron chi connectivity index (χ3n) is 5.98. The number of hydrogen-bond donors (Lipinski definition) is 2. The fourth-order valence-electron chi connectivity index (χ4n) is 4.65. The predicted molar refractivity (Wildman–Crippen MR) is 96.1 cm³/mol. The van der Waals surface area contributed by atoms with Crippen LogP contribution in [0.2, 0.25) is 0 Å². The molecule has 0 spiro atoms. The summed E-state index contributed by atoms with van der Waals surface area (Å²) >= 11 is 0. The molecule has 25 heavy (non-hydrogen) atoms. The van der Waals surface area contributed by atoms with Gasteiger partial charge in [0.1, 0.15) is 11.5 Å². The quantitative estimate of drug-likeness (QED) is 0.855. The highest BCUT2D eigenvalue weighted by Gasteiger charge is 2.54. The van der Waals surface area contributed by atoms with Crippen molar-refractivity contribution in [2.45, 2.75) is 45.2 Å². The summed E-state index contributed by atoms with van der Waals surface area (Å²) < 4.78 is 5.95. The minimum absolute atomic E-state index is 0.0794. The van der Waals surface area contributed by atoms with Crippen LogP contribution >= 0.6 is 0 Å². The van der Waals surface area contributed by atoms with Crippen molar-refractivity contribution in [1.82, 2.24) is 5.32 Å². The Morgan fingerprint density at radius 3 is 2.56 bits per heavy atom. The summed E-state index contributed by atoms with van der Waals surface area (Å²) in [7, 11) is 0. The number of carboxylic acid groups (broad SMARTS) is 1. The van der Waals surface area contributed by atoms with E-state index in [2.05, 4.69) is 36.5 Å². The van der Waals surface area contributed by atoms with Gasteiger partial charge < -0.3 is 14.8 Å². The van der Waals surface area contributed by atoms with Gasteiger partial charge in [-0.05, 0) is 43.7 Å². The molecule has 2 aliphatic rings. The molecule has 4 heteroatoms. The molecule has 132 valence electrons. The molecule has 0 bridgehead atoms. The van der Waals surface area contributed by atoms with Crippen molar-refractivity contribution < 1.29 is 14.3 Å². The van der Waals surface area contributed by atoms with Crippen molar-refractivity contribution in [3.63, 3.8) is 0 Å². The molecule has 2 N–H and O–H groups in total. The number of nitrogens with one attached hydrogen (secondary N) is 1. The number of rotatable bonds is 5. The largest absolute Gasteiger partial charge is 0.481 e. The molecule has 1 aromatic heterocycles. The average molecular weight is 339 g/mol. The van der Waals surface area contributed by atoms with Crippen molar-refractivity contribution in [3.05, 3.63) is 47.7 Å². The van der Waals surface area contributed by atoms with Crippen LogP contribution in [0.15, 0.2) is 40.8 Å². The Bertz CT molecular complexity index is 749. The number of carboxylic acids is 1. The van der Waals surface area contributed by atoms with Crippen molar-refractivity contribution in [2.24, 2.45) is 17.8 Å². The molecule has 0 saturated heterocycles. The SMILES string of the molecule is Cc1ccc(-c2ccc(CN[C@H]3[C@@H]4CCCC[C@@H]4[C@@H]3C(=O)O)o2)cc1. The topological polar surface area (TPSA) is 62.5 Å². The minimum atomic E-state index is -0.652. The summed E-state index contributed by atoms with van der Waals surface area (Å²) in [5, 5.41) is 13.0. The molecule has 0 amide bonds. The molecule has 2 fully saturated rings. The van der Waals surface area contributed by atoms with Crippen LogP contribution < -0.4 is 5.32 Å². The zero-order valence-corrected chi connectivity index (χ0v) is 14.6. The van der Waals surface area contributed by atoms with Gasteiger partial charge in [0.2, 0.25) is 0 Å². The maximum atomic E-state index is 11.6. The van der Waals surface area contributed by atoms with Gasteiger partial charge in [-0.2, -0.15) is 0 Å². The Hall–Kier alpha value is -2.07. The van der Waals surface area contributed by atoms with Gasteiger partial charge in [-0.3, -0.25) is 4.79 Å². The number of carbonyl (C=O) groups is 1. The van der Waals surface area contributed by atoms with Crippen LogP contribution in [-0.2, 0) is 11.3 Å². The van der Waals surface area contributed by atoms with Gasteiger partial charge >= 0.3 is 5.97 Å². The minimum Gasteiger partial charge on any atom is -0.481 e. The average Bonchev–Trinajstić information content (AvgIpc) is 3.05. The van der Waals surface area contributed by atoms with Gasteiger partial charge in [0.15, 0.2) is 0 Å². The fraction of sp³-hybridized carbons (Fsp3) is 0.476. The van der Waals surface area contributed by atoms with Crippen molar-refractivity contribution >= 4 is 5.97 Å². The Morgan fingerprint density at radius 1 is 1.12 bits per heavy atom. The van der Waals surface area contributed by atoms with E-state index < -0.39 is 5.97 Å². The highest BCUT2D eigenvalue weighted by molar-refractivity contribution is 5.73. The molecule has 2 aromatic rings. The summed E-state index contributed by atoms with van der Waals surface area (Å²) in [6, 6.07) is 12.3. The highest BCUT2D eigenvalue weighted by atomic mass is 16.4. The first-order valence-corrected chi connectivity index (χ1v) is 9.25. The Labute approximate surface area is 148 Å². The highest BCUT2D eigenvalue weighted by Crippen LogP contribution is 2.49. The van der Waals surface area contributed by atoms with Gasteiger partial charge in [0, 0.05) is 11.6 Å². The summed E-state index contributed by atoms with van der Waals surface area (Å²) in [5.74, 6) is 1.71. The number of hydrogen-bond acceptors (Lipinski definition) is 3. The van der Waals surface area contributed by atoms with E-state index in [9.17, 15) is 9.90 Å². The molecule has 4 atom stereocenters. The van der Waals surface area contributed by atoms with E-state index in [1.165, 1.54) is 18.4 Å². The van der Waals surface area contributed by atoms with Crippen LogP contribution in [-0.4, -0.2) is 17.1 Å². The van der Waals surface area contributed by atoms with Gasteiger partial charge in [-0.25, -0.2) is 0 Å². The number of fused-ring (bicyclic) bond motifs is 1. The Morgan fingerprint density at radius 2 is 1.84 bits per heavy atom. The maximum Gasteiger partial charge on any atom is 0.308 e. The van der Waals surface area contributed by atoms with Crippen LogP contribution in [0.3, 0.4) is 0 Å². The smallest absolute Gasteiger partial charge is 0.308 e. The first kappa shape index (κ1) is 16.4. The van der Waals surface area contributed by atoms with Gasteiger partial charge in [0.25, 0.3) is 0 Å². The molecule has 2 aliphatic carbocycles. The fourth-order valence-corrected chi connectivity index (χ4v) is 4.65. The molecule has 4 nitrogen and oxygen atoms in total. The summed E-state index contributed by atoms with van der Waals surface area (Å²) in [6.07, 6.45) is 4.62. The Kier molecular flexibility index (Phi) is 4.38. The molecule has 0 unspecified atom stereocenters. The van der Waals surface area contributed by atoms with Crippen molar-refractivity contribution in [3.8, 4) is 11.3 Å². The molecule has 1 aromatic carbocycles. The van der Waals surface area contributed by atoms with E-state index in [4.69, 9.17) is 4.42 Å². The van der Waals surface area contributed by atoms with Gasteiger partial charge in [-0.1, -0.05) is 42.7 Å². The number of benzene rings is 1. The van der Waals surface area contributed by atoms with E-state index in [0.717, 1.165) is 29.9 Å². The second kappa shape index (κ2) is 6.68. The molecule has 0 aliphatic heterocycles. The maximum absolute atomic E-state index is 11.6. The van der Waals surface area contributed by atoms with Crippen LogP contribution in [0.4, 0.5) is 0 Å². The zero-order valence-electron chi connectivity index (χ0n) is 14.6. The van der Waals surface area contributed by atoms with Gasteiger partial charge in [0.05, 0.1) is 12.5 Å². The Balaban J connectivity index is 1.41. The van der Waals surface area contributed by atoms with Crippen LogP contribution in [0.5, 0.6) is 0 Å². The van der Waals surface area contributed by atoms with E-state index in [1.807, 2.05) is 12.1 Å². The lowest BCUT2D eigenvalue weighted by Crippen LogP contribution is -2.61. The summed E-state index contributed by atoms with van der Waals surface area (Å²) in [6.45, 7) is 2.65. The normalized spacial score (nSPS) is 28.2. The molecular weight excluding hydrogens is 314 g/mol. The van der Waals surface area contributed by atoms with Crippen molar-refractivity contribution in [1.29, 1.82) is 0 Å². The second-order valence-corrected chi connectivity index (χ2v) is 7.51. The molecule has 4 rings (SSSR count). The molecule has 1 heterocycles. The lowest BCUT2D eigenvalue weighted by Gasteiger charge is -2.53. The van der Waals surface area contributed by atoms with E-state index in [-0.39, 0.29) is 12.0 Å². The zero-order chi connectivity index (χ0) is 17.4. The van der Waals surface area contributed by atoms with E-state index in [0.29, 0.717) is 18.4 Å². The summed E-state index contributed by atoms with van der Waals surface area (Å²) in [5.41, 5.74) is 2.29. The molecular formula is C21H25NO3. The molecule has 0 radical (unpaired) electrons. The predicted octanol–water partition coefficient (Wildman–Crippen LogP) is 4.23. The summed E-state index contributed by atoms with van der Waals surface area (Å²) in [4.78, 5) is 11.6. The standard InChI is InChI=1S/C21H25NO3/c1-13-6-8-14(9-7-13)18-11-10-15(25-18)12-22-20-17-5-3-2-4-16(17)19(20)21(23)24/h6-11,16-17,19-20,22H,2-5,12H2,1H3,(H,23,24)/t16-,17+,19-,20-/m0/s1. The van der Waals surface area contributed by atoms with Crippen LogP contribution in [0, 0.1) is 24.7 Å². The second-order valence-electron chi connectivity index (χ2n) is 7.51. The number of furan rings is 1. The third kappa shape index (κ3) is 3.11. The van der Waals surface area contributed by atoms with Crippen LogP contribution in [0.1, 0.15) is 37.0 Å². The third-order valence-corrected chi connectivity index (χ3v) is 5.98. The van der Waals surface area contributed by atoms with Crippen molar-refractivity contribution in [2.75, 3.05) is 0 Å². The first-order valence-electron chi connectivity index (χ1n) is 9.25. The lowest BCUT2D eigenvalue weighted by molar-refractivity contribution is -0.157. The lowest BCUT2D eigenvalue weighted by atomic mass is 9.55. The number of aryl methyl sites for hydroxylation is 1.